The fraction of sp³-hybridized carbons (Fsp3) is 0.533. The smallest absolute Gasteiger partial charge is 0.258 e. The van der Waals surface area contributed by atoms with Crippen LogP contribution in [-0.2, 0) is 4.79 Å². The van der Waals surface area contributed by atoms with E-state index in [2.05, 4.69) is 5.32 Å². The van der Waals surface area contributed by atoms with Crippen molar-refractivity contribution < 1.29 is 14.6 Å². The van der Waals surface area contributed by atoms with E-state index in [9.17, 15) is 9.90 Å². The molecule has 112 valence electrons. The van der Waals surface area contributed by atoms with Crippen molar-refractivity contribution in [3.05, 3.63) is 28.8 Å². The number of carbonyl (C=O) groups is 1. The first-order valence-electron chi connectivity index (χ1n) is 6.77. The molecule has 0 unspecified atom stereocenters. The minimum Gasteiger partial charge on any atom is -0.484 e. The SMILES string of the molecule is CCC(CC)(CO)NC(=O)COc1ccc(Cl)c(C)c1. The van der Waals surface area contributed by atoms with Crippen molar-refractivity contribution in [2.45, 2.75) is 39.2 Å². The molecule has 0 aliphatic heterocycles. The van der Waals surface area contributed by atoms with Crippen LogP contribution in [0.15, 0.2) is 18.2 Å². The predicted molar refractivity (Wildman–Crippen MR) is 80.2 cm³/mol. The van der Waals surface area contributed by atoms with Crippen molar-refractivity contribution in [2.75, 3.05) is 13.2 Å². The highest BCUT2D eigenvalue weighted by Crippen LogP contribution is 2.21. The van der Waals surface area contributed by atoms with Gasteiger partial charge in [-0.05, 0) is 43.5 Å². The molecule has 1 aromatic carbocycles. The molecule has 0 aliphatic carbocycles. The Labute approximate surface area is 125 Å². The van der Waals surface area contributed by atoms with Gasteiger partial charge in [-0.3, -0.25) is 4.79 Å². The molecule has 4 nitrogen and oxygen atoms in total. The fourth-order valence-electron chi connectivity index (χ4n) is 1.88. The minimum absolute atomic E-state index is 0.0776. The lowest BCUT2D eigenvalue weighted by atomic mass is 9.94. The van der Waals surface area contributed by atoms with Crippen molar-refractivity contribution in [3.8, 4) is 5.75 Å². The third-order valence-electron chi connectivity index (χ3n) is 3.56. The molecule has 2 N–H and O–H groups in total. The Bertz CT molecular complexity index is 450. The van der Waals surface area contributed by atoms with Gasteiger partial charge in [0.05, 0.1) is 12.1 Å². The first-order valence-corrected chi connectivity index (χ1v) is 7.15. The van der Waals surface area contributed by atoms with E-state index < -0.39 is 5.54 Å². The highest BCUT2D eigenvalue weighted by Gasteiger charge is 2.27. The number of benzene rings is 1. The molecule has 0 aromatic heterocycles. The summed E-state index contributed by atoms with van der Waals surface area (Å²) in [6, 6.07) is 5.25. The lowest BCUT2D eigenvalue weighted by molar-refractivity contribution is -0.125. The van der Waals surface area contributed by atoms with Crippen LogP contribution >= 0.6 is 11.6 Å². The van der Waals surface area contributed by atoms with Crippen LogP contribution in [0.5, 0.6) is 5.75 Å². The van der Waals surface area contributed by atoms with Gasteiger partial charge < -0.3 is 15.2 Å². The van der Waals surface area contributed by atoms with Gasteiger partial charge in [0, 0.05) is 5.02 Å². The average Bonchev–Trinajstić information content (AvgIpc) is 2.46. The van der Waals surface area contributed by atoms with E-state index in [4.69, 9.17) is 16.3 Å². The van der Waals surface area contributed by atoms with Gasteiger partial charge in [-0.1, -0.05) is 25.4 Å². The summed E-state index contributed by atoms with van der Waals surface area (Å²) in [4.78, 5) is 11.9. The van der Waals surface area contributed by atoms with Crippen LogP contribution in [0.1, 0.15) is 32.3 Å². The molecule has 1 aromatic rings. The largest absolute Gasteiger partial charge is 0.484 e. The number of aliphatic hydroxyl groups is 1. The van der Waals surface area contributed by atoms with E-state index >= 15 is 0 Å². The Morgan fingerprint density at radius 2 is 2.05 bits per heavy atom. The van der Waals surface area contributed by atoms with E-state index in [0.717, 1.165) is 5.56 Å². The Kier molecular flexibility index (Phi) is 6.30. The first kappa shape index (κ1) is 16.8. The van der Waals surface area contributed by atoms with Gasteiger partial charge >= 0.3 is 0 Å². The van der Waals surface area contributed by atoms with Gasteiger partial charge in [-0.25, -0.2) is 0 Å². The van der Waals surface area contributed by atoms with Crippen molar-refractivity contribution in [1.82, 2.24) is 5.32 Å². The van der Waals surface area contributed by atoms with Gasteiger partial charge in [-0.15, -0.1) is 0 Å². The predicted octanol–water partition coefficient (Wildman–Crippen LogP) is 2.69. The summed E-state index contributed by atoms with van der Waals surface area (Å²) in [5.41, 5.74) is 0.340. The number of amides is 1. The zero-order valence-corrected chi connectivity index (χ0v) is 13.0. The number of halogens is 1. The van der Waals surface area contributed by atoms with Gasteiger partial charge in [0.1, 0.15) is 5.75 Å². The second-order valence-corrected chi connectivity index (χ2v) is 5.30. The number of carbonyl (C=O) groups excluding carboxylic acids is 1. The molecule has 5 heteroatoms. The lowest BCUT2D eigenvalue weighted by Crippen LogP contribution is -2.51. The monoisotopic (exact) mass is 299 g/mol. The summed E-state index contributed by atoms with van der Waals surface area (Å²) in [6.45, 7) is 5.58. The molecule has 0 fully saturated rings. The maximum Gasteiger partial charge on any atom is 0.258 e. The van der Waals surface area contributed by atoms with Crippen molar-refractivity contribution in [1.29, 1.82) is 0 Å². The second kappa shape index (κ2) is 7.50. The van der Waals surface area contributed by atoms with Crippen LogP contribution in [0.4, 0.5) is 0 Å². The molecule has 0 saturated heterocycles. The van der Waals surface area contributed by atoms with Crippen LogP contribution in [0.25, 0.3) is 0 Å². The summed E-state index contributed by atoms with van der Waals surface area (Å²) >= 11 is 5.92. The summed E-state index contributed by atoms with van der Waals surface area (Å²) in [5.74, 6) is 0.361. The van der Waals surface area contributed by atoms with Crippen LogP contribution in [0.3, 0.4) is 0 Å². The van der Waals surface area contributed by atoms with Crippen LogP contribution in [-0.4, -0.2) is 29.8 Å². The summed E-state index contributed by atoms with van der Waals surface area (Å²) in [7, 11) is 0. The molecule has 0 bridgehead atoms. The van der Waals surface area contributed by atoms with Crippen LogP contribution in [0, 0.1) is 6.92 Å². The van der Waals surface area contributed by atoms with Gasteiger partial charge in [0.25, 0.3) is 5.91 Å². The highest BCUT2D eigenvalue weighted by molar-refractivity contribution is 6.31. The maximum absolute atomic E-state index is 11.9. The van der Waals surface area contributed by atoms with E-state index in [1.165, 1.54) is 0 Å². The van der Waals surface area contributed by atoms with E-state index in [1.807, 2.05) is 20.8 Å². The van der Waals surface area contributed by atoms with Crippen LogP contribution in [0.2, 0.25) is 5.02 Å². The highest BCUT2D eigenvalue weighted by atomic mass is 35.5. The number of aryl methyl sites for hydroxylation is 1. The van der Waals surface area contributed by atoms with Gasteiger partial charge in [-0.2, -0.15) is 0 Å². The molecule has 1 rings (SSSR count). The number of aliphatic hydroxyl groups excluding tert-OH is 1. The maximum atomic E-state index is 11.9. The molecular formula is C15H22ClNO3. The van der Waals surface area contributed by atoms with Gasteiger partial charge in [0.2, 0.25) is 0 Å². The van der Waals surface area contributed by atoms with Crippen LogP contribution < -0.4 is 10.1 Å². The number of ether oxygens (including phenoxy) is 1. The lowest BCUT2D eigenvalue weighted by Gasteiger charge is -2.30. The molecule has 0 saturated carbocycles. The molecule has 0 aliphatic rings. The number of hydrogen-bond donors (Lipinski definition) is 2. The molecule has 20 heavy (non-hydrogen) atoms. The Morgan fingerprint density at radius 3 is 2.55 bits per heavy atom. The summed E-state index contributed by atoms with van der Waals surface area (Å²) < 4.78 is 5.43. The molecular weight excluding hydrogens is 278 g/mol. The van der Waals surface area contributed by atoms with E-state index in [1.54, 1.807) is 18.2 Å². The van der Waals surface area contributed by atoms with E-state index in [-0.39, 0.29) is 19.1 Å². The average molecular weight is 300 g/mol. The minimum atomic E-state index is -0.559. The summed E-state index contributed by atoms with van der Waals surface area (Å²) in [5, 5.41) is 12.9. The molecule has 0 atom stereocenters. The second-order valence-electron chi connectivity index (χ2n) is 4.89. The Hall–Kier alpha value is -1.26. The number of rotatable bonds is 7. The third kappa shape index (κ3) is 4.39. The van der Waals surface area contributed by atoms with E-state index in [0.29, 0.717) is 23.6 Å². The first-order chi connectivity index (χ1) is 9.46. The number of nitrogens with one attached hydrogen (secondary N) is 1. The molecule has 1 amide bonds. The molecule has 0 heterocycles. The molecule has 0 spiro atoms. The van der Waals surface area contributed by atoms with Crippen molar-refractivity contribution in [2.24, 2.45) is 0 Å². The molecule has 0 radical (unpaired) electrons. The third-order valence-corrected chi connectivity index (χ3v) is 3.98. The van der Waals surface area contributed by atoms with Gasteiger partial charge in [0.15, 0.2) is 6.61 Å². The topological polar surface area (TPSA) is 58.6 Å². The van der Waals surface area contributed by atoms with Crippen molar-refractivity contribution >= 4 is 17.5 Å². The zero-order valence-electron chi connectivity index (χ0n) is 12.2. The normalized spacial score (nSPS) is 11.2. The standard InChI is InChI=1S/C15H22ClNO3/c1-4-15(5-2,10-18)17-14(19)9-20-12-6-7-13(16)11(3)8-12/h6-8,18H,4-5,9-10H2,1-3H3,(H,17,19). The number of hydrogen-bond acceptors (Lipinski definition) is 3. The quantitative estimate of drug-likeness (QED) is 0.814. The van der Waals surface area contributed by atoms with Crippen molar-refractivity contribution in [3.63, 3.8) is 0 Å². The Balaban J connectivity index is 2.56. The zero-order chi connectivity index (χ0) is 15.2. The Morgan fingerprint density at radius 1 is 1.40 bits per heavy atom. The fourth-order valence-corrected chi connectivity index (χ4v) is 2.00. The summed E-state index contributed by atoms with van der Waals surface area (Å²) in [6.07, 6.45) is 1.34.